The lowest BCUT2D eigenvalue weighted by molar-refractivity contribution is -0.140. The van der Waals surface area contributed by atoms with Gasteiger partial charge in [0.1, 0.15) is 5.75 Å². The zero-order chi connectivity index (χ0) is 13.7. The van der Waals surface area contributed by atoms with Crippen molar-refractivity contribution in [1.82, 2.24) is 5.32 Å². The lowest BCUT2D eigenvalue weighted by Gasteiger charge is -2.27. The van der Waals surface area contributed by atoms with Gasteiger partial charge >= 0.3 is 5.97 Å². The molecule has 1 atom stereocenters. The maximum atomic E-state index is 11.1. The fourth-order valence-corrected chi connectivity index (χ4v) is 2.57. The first-order chi connectivity index (χ1) is 9.24. The highest BCUT2D eigenvalue weighted by Crippen LogP contribution is 2.32. The highest BCUT2D eigenvalue weighted by molar-refractivity contribution is 5.69. The number of carbonyl (C=O) groups is 1. The van der Waals surface area contributed by atoms with Crippen LogP contribution in [0.5, 0.6) is 5.75 Å². The summed E-state index contributed by atoms with van der Waals surface area (Å²) >= 11 is 0. The van der Waals surface area contributed by atoms with Crippen LogP contribution >= 0.6 is 0 Å². The number of aryl methyl sites for hydroxylation is 1. The summed E-state index contributed by atoms with van der Waals surface area (Å²) < 4.78 is 9.93. The molecule has 0 saturated carbocycles. The number of fused-ring (bicyclic) bond motifs is 1. The van der Waals surface area contributed by atoms with Gasteiger partial charge in [0.2, 0.25) is 0 Å². The fraction of sp³-hybridized carbons (Fsp3) is 0.533. The first-order valence-electron chi connectivity index (χ1n) is 6.71. The van der Waals surface area contributed by atoms with Gasteiger partial charge < -0.3 is 14.8 Å². The number of hydrogen-bond donors (Lipinski definition) is 1. The summed E-state index contributed by atoms with van der Waals surface area (Å²) in [5.74, 6) is 0.717. The number of benzene rings is 1. The molecular weight excluding hydrogens is 242 g/mol. The minimum absolute atomic E-state index is 0.172. The second kappa shape index (κ2) is 6.57. The second-order valence-corrected chi connectivity index (χ2v) is 4.79. The van der Waals surface area contributed by atoms with Gasteiger partial charge in [-0.1, -0.05) is 6.07 Å². The van der Waals surface area contributed by atoms with Gasteiger partial charge in [0.15, 0.2) is 0 Å². The molecule has 2 rings (SSSR count). The molecule has 4 nitrogen and oxygen atoms in total. The molecule has 1 aliphatic carbocycles. The highest BCUT2D eigenvalue weighted by atomic mass is 16.5. The third kappa shape index (κ3) is 3.47. The summed E-state index contributed by atoms with van der Waals surface area (Å²) in [6.07, 6.45) is 3.80. The van der Waals surface area contributed by atoms with Crippen molar-refractivity contribution in [1.29, 1.82) is 0 Å². The molecular formula is C15H21NO3. The summed E-state index contributed by atoms with van der Waals surface area (Å²) in [5, 5.41) is 3.44. The van der Waals surface area contributed by atoms with Gasteiger partial charge in [0, 0.05) is 12.6 Å². The van der Waals surface area contributed by atoms with E-state index in [0.717, 1.165) is 18.6 Å². The van der Waals surface area contributed by atoms with Crippen molar-refractivity contribution < 1.29 is 14.3 Å². The summed E-state index contributed by atoms with van der Waals surface area (Å²) in [4.78, 5) is 11.1. The molecule has 0 aromatic heterocycles. The molecule has 19 heavy (non-hydrogen) atoms. The van der Waals surface area contributed by atoms with Crippen LogP contribution in [0.1, 0.15) is 36.4 Å². The molecule has 0 heterocycles. The van der Waals surface area contributed by atoms with Crippen molar-refractivity contribution in [2.24, 2.45) is 0 Å². The number of rotatable bonds is 5. The maximum absolute atomic E-state index is 11.1. The average molecular weight is 263 g/mol. The first kappa shape index (κ1) is 13.9. The Morgan fingerprint density at radius 2 is 2.26 bits per heavy atom. The molecule has 0 saturated heterocycles. The van der Waals surface area contributed by atoms with Gasteiger partial charge in [-0.25, -0.2) is 0 Å². The SMILES string of the molecule is COC(=O)CCNC1CCCc2ccc(OC)cc21. The molecule has 0 amide bonds. The summed E-state index contributed by atoms with van der Waals surface area (Å²) in [7, 11) is 3.10. The Kier molecular flexibility index (Phi) is 4.80. The quantitative estimate of drug-likeness (QED) is 0.828. The van der Waals surface area contributed by atoms with Crippen LogP contribution in [0, 0.1) is 0 Å². The molecule has 4 heteroatoms. The molecule has 0 radical (unpaired) electrons. The first-order valence-corrected chi connectivity index (χ1v) is 6.71. The average Bonchev–Trinajstić information content (AvgIpc) is 2.46. The Morgan fingerprint density at radius 3 is 3.00 bits per heavy atom. The molecule has 1 aromatic rings. The van der Waals surface area contributed by atoms with Gasteiger partial charge in [-0.15, -0.1) is 0 Å². The summed E-state index contributed by atoms with van der Waals surface area (Å²) in [5.41, 5.74) is 2.68. The van der Waals surface area contributed by atoms with Crippen LogP contribution in [0.15, 0.2) is 18.2 Å². The molecule has 1 N–H and O–H groups in total. The molecule has 0 fully saturated rings. The Hall–Kier alpha value is -1.55. The number of carbonyl (C=O) groups excluding carboxylic acids is 1. The predicted octanol–water partition coefficient (Wildman–Crippen LogP) is 2.23. The number of methoxy groups -OCH3 is 2. The van der Waals surface area contributed by atoms with Crippen molar-refractivity contribution in [2.75, 3.05) is 20.8 Å². The zero-order valence-electron chi connectivity index (χ0n) is 11.6. The van der Waals surface area contributed by atoms with E-state index in [2.05, 4.69) is 22.2 Å². The van der Waals surface area contributed by atoms with E-state index in [9.17, 15) is 4.79 Å². The molecule has 1 aliphatic rings. The smallest absolute Gasteiger partial charge is 0.306 e. The Labute approximate surface area is 114 Å². The zero-order valence-corrected chi connectivity index (χ0v) is 11.6. The summed E-state index contributed by atoms with van der Waals surface area (Å²) in [6, 6.07) is 6.56. The minimum atomic E-state index is -0.172. The summed E-state index contributed by atoms with van der Waals surface area (Å²) in [6.45, 7) is 0.647. The monoisotopic (exact) mass is 263 g/mol. The lowest BCUT2D eigenvalue weighted by atomic mass is 9.87. The van der Waals surface area contributed by atoms with Gasteiger partial charge in [0.25, 0.3) is 0 Å². The van der Waals surface area contributed by atoms with Crippen LogP contribution in [-0.4, -0.2) is 26.7 Å². The van der Waals surface area contributed by atoms with Crippen LogP contribution in [0.25, 0.3) is 0 Å². The molecule has 104 valence electrons. The van der Waals surface area contributed by atoms with E-state index in [-0.39, 0.29) is 5.97 Å². The van der Waals surface area contributed by atoms with E-state index in [4.69, 9.17) is 4.74 Å². The van der Waals surface area contributed by atoms with Crippen LogP contribution in [0.3, 0.4) is 0 Å². The third-order valence-electron chi connectivity index (χ3n) is 3.61. The predicted molar refractivity (Wildman–Crippen MR) is 73.3 cm³/mol. The van der Waals surface area contributed by atoms with Crippen molar-refractivity contribution in [3.8, 4) is 5.75 Å². The van der Waals surface area contributed by atoms with E-state index < -0.39 is 0 Å². The standard InChI is InChI=1S/C15H21NO3/c1-18-12-7-6-11-4-3-5-14(13(11)10-12)16-9-8-15(17)19-2/h6-7,10,14,16H,3-5,8-9H2,1-2H3. The number of hydrogen-bond acceptors (Lipinski definition) is 4. The molecule has 0 bridgehead atoms. The van der Waals surface area contributed by atoms with Crippen molar-refractivity contribution >= 4 is 5.97 Å². The number of ether oxygens (including phenoxy) is 2. The molecule has 0 aliphatic heterocycles. The normalized spacial score (nSPS) is 17.7. The fourth-order valence-electron chi connectivity index (χ4n) is 2.57. The van der Waals surface area contributed by atoms with Crippen LogP contribution < -0.4 is 10.1 Å². The van der Waals surface area contributed by atoms with Crippen LogP contribution in [-0.2, 0) is 16.0 Å². The second-order valence-electron chi connectivity index (χ2n) is 4.79. The topological polar surface area (TPSA) is 47.6 Å². The lowest BCUT2D eigenvalue weighted by Crippen LogP contribution is -2.27. The number of nitrogens with one attached hydrogen (secondary N) is 1. The minimum Gasteiger partial charge on any atom is -0.497 e. The van der Waals surface area contributed by atoms with Crippen molar-refractivity contribution in [3.63, 3.8) is 0 Å². The van der Waals surface area contributed by atoms with E-state index in [0.29, 0.717) is 19.0 Å². The number of esters is 1. The third-order valence-corrected chi connectivity index (χ3v) is 3.61. The Bertz CT molecular complexity index is 445. The van der Waals surface area contributed by atoms with Gasteiger partial charge in [-0.3, -0.25) is 4.79 Å². The van der Waals surface area contributed by atoms with Crippen molar-refractivity contribution in [2.45, 2.75) is 31.7 Å². The van der Waals surface area contributed by atoms with Crippen LogP contribution in [0.2, 0.25) is 0 Å². The molecule has 0 spiro atoms. The van der Waals surface area contributed by atoms with Crippen molar-refractivity contribution in [3.05, 3.63) is 29.3 Å². The Balaban J connectivity index is 2.02. The molecule has 1 unspecified atom stereocenters. The van der Waals surface area contributed by atoms with Gasteiger partial charge in [-0.2, -0.15) is 0 Å². The maximum Gasteiger partial charge on any atom is 0.306 e. The molecule has 1 aromatic carbocycles. The highest BCUT2D eigenvalue weighted by Gasteiger charge is 2.20. The van der Waals surface area contributed by atoms with E-state index in [1.165, 1.54) is 24.7 Å². The van der Waals surface area contributed by atoms with Gasteiger partial charge in [-0.05, 0) is 42.5 Å². The Morgan fingerprint density at radius 1 is 1.42 bits per heavy atom. The largest absolute Gasteiger partial charge is 0.497 e. The van der Waals surface area contributed by atoms with Crippen LogP contribution in [0.4, 0.5) is 0 Å². The van der Waals surface area contributed by atoms with E-state index in [1.54, 1.807) is 7.11 Å². The van der Waals surface area contributed by atoms with E-state index in [1.807, 2.05) is 6.07 Å². The van der Waals surface area contributed by atoms with Gasteiger partial charge in [0.05, 0.1) is 20.6 Å². The van der Waals surface area contributed by atoms with E-state index >= 15 is 0 Å².